The molecule has 0 bridgehead atoms. The number of hydrogen-bond donors (Lipinski definition) is 1. The van der Waals surface area contributed by atoms with Crippen molar-refractivity contribution < 1.29 is 9.84 Å². The van der Waals surface area contributed by atoms with Gasteiger partial charge in [0.2, 0.25) is 0 Å². The number of aromatic hydroxyl groups is 1. The fourth-order valence-electron chi connectivity index (χ4n) is 0.724. The molecule has 3 heteroatoms. The van der Waals surface area contributed by atoms with E-state index in [1.54, 1.807) is 19.2 Å². The van der Waals surface area contributed by atoms with Crippen molar-refractivity contribution in [2.75, 3.05) is 7.11 Å². The van der Waals surface area contributed by atoms with Gasteiger partial charge >= 0.3 is 75.5 Å². The predicted molar refractivity (Wildman–Crippen MR) is 40.0 cm³/mol. The van der Waals surface area contributed by atoms with Crippen molar-refractivity contribution in [2.45, 2.75) is 0 Å². The van der Waals surface area contributed by atoms with Gasteiger partial charge in [0.1, 0.15) is 0 Å². The molecule has 0 unspecified atom stereocenters. The molecule has 0 aliphatic heterocycles. The van der Waals surface area contributed by atoms with Crippen LogP contribution in [0.25, 0.3) is 0 Å². The molecule has 0 fully saturated rings. The summed E-state index contributed by atoms with van der Waals surface area (Å²) in [5.74, 6) is 1.02. The molecule has 1 N–H and O–H groups in total. The second-order valence-electron chi connectivity index (χ2n) is 1.96. The number of ether oxygens (including phenoxy) is 1. The maximum atomic E-state index is 9.07. The quantitative estimate of drug-likeness (QED) is 0.747. The Hall–Kier alpha value is -0.258. The monoisotopic (exact) mass is 328 g/mol. The van der Waals surface area contributed by atoms with E-state index in [2.05, 4.69) is 0 Å². The van der Waals surface area contributed by atoms with Gasteiger partial charge in [-0.1, -0.05) is 0 Å². The number of benzene rings is 1. The Morgan fingerprint density at radius 3 is 2.60 bits per heavy atom. The molecule has 0 heterocycles. The number of phenolic OH excluding ortho intramolecular Hbond substituents is 1. The Kier molecular flexibility index (Phi) is 2.53. The van der Waals surface area contributed by atoms with E-state index in [0.717, 1.165) is 34.6 Å². The molecule has 0 atom stereocenters. The minimum atomic E-state index is 0.289. The maximum absolute atomic E-state index is 9.07. The molecular weight excluding hydrogens is 320 g/mol. The van der Waals surface area contributed by atoms with E-state index >= 15 is 0 Å². The third-order valence-electron chi connectivity index (χ3n) is 1.15. The van der Waals surface area contributed by atoms with E-state index in [4.69, 9.17) is 9.84 Å². The Balaban J connectivity index is 3.06. The molecule has 0 saturated carbocycles. The number of rotatable bonds is 1. The van der Waals surface area contributed by atoms with Crippen molar-refractivity contribution in [1.29, 1.82) is 0 Å². The van der Waals surface area contributed by atoms with Gasteiger partial charge in [-0.3, -0.25) is 0 Å². The van der Waals surface area contributed by atoms with E-state index in [1.165, 1.54) is 0 Å². The average Bonchev–Trinajstić information content (AvgIpc) is 1.85. The van der Waals surface area contributed by atoms with E-state index in [0.29, 0.717) is 0 Å². The van der Waals surface area contributed by atoms with Crippen molar-refractivity contribution in [3.8, 4) is 11.5 Å². The summed E-state index contributed by atoms with van der Waals surface area (Å²) in [5.41, 5.74) is 0. The zero-order chi connectivity index (χ0) is 7.56. The van der Waals surface area contributed by atoms with Gasteiger partial charge in [0.05, 0.1) is 0 Å². The Morgan fingerprint density at radius 2 is 2.10 bits per heavy atom. The summed E-state index contributed by atoms with van der Waals surface area (Å²) in [4.78, 5) is 0. The molecule has 2 nitrogen and oxygen atoms in total. The van der Waals surface area contributed by atoms with Crippen molar-refractivity contribution in [1.82, 2.24) is 0 Å². The van der Waals surface area contributed by atoms with Gasteiger partial charge in [-0.05, 0) is 0 Å². The van der Waals surface area contributed by atoms with E-state index < -0.39 is 0 Å². The Labute approximate surface area is 75.5 Å². The topological polar surface area (TPSA) is 29.5 Å². The minimum absolute atomic E-state index is 0.289. The zero-order valence-electron chi connectivity index (χ0n) is 5.66. The molecule has 0 amide bonds. The van der Waals surface area contributed by atoms with Gasteiger partial charge in [-0.2, -0.15) is 0 Å². The van der Waals surface area contributed by atoms with Crippen LogP contribution in [0.1, 0.15) is 0 Å². The first-order valence-corrected chi connectivity index (χ1v) is 5.10. The normalized spacial score (nSPS) is 9.20. The number of phenols is 1. The van der Waals surface area contributed by atoms with Gasteiger partial charge in [0, 0.05) is 0 Å². The molecular formula is C7H7O2Tl. The Bertz CT molecular complexity index is 215. The fraction of sp³-hybridized carbons (Fsp3) is 0.143. The summed E-state index contributed by atoms with van der Waals surface area (Å²) in [5, 5.41) is 9.07. The SMILES string of the molecule is COc1cc(O)c[c]([Tl])c1. The Morgan fingerprint density at radius 1 is 1.40 bits per heavy atom. The van der Waals surface area contributed by atoms with E-state index in [9.17, 15) is 0 Å². The van der Waals surface area contributed by atoms with Gasteiger partial charge in [0.15, 0.2) is 0 Å². The van der Waals surface area contributed by atoms with E-state index in [-0.39, 0.29) is 5.75 Å². The molecule has 1 aromatic carbocycles. The second-order valence-corrected chi connectivity index (χ2v) is 4.56. The summed E-state index contributed by atoms with van der Waals surface area (Å²) in [6, 6.07) is 5.30. The third kappa shape index (κ3) is 1.86. The van der Waals surface area contributed by atoms with Crippen LogP contribution in [0.15, 0.2) is 18.2 Å². The molecule has 0 aliphatic carbocycles. The van der Waals surface area contributed by atoms with Crippen LogP contribution < -0.4 is 7.86 Å². The van der Waals surface area contributed by atoms with Crippen LogP contribution in [0.5, 0.6) is 11.5 Å². The standard InChI is InChI=1S/C7H7O2.Tl/c1-9-7-4-2-3-6(8)5-7;/h3-5,8H,1H3;. The van der Waals surface area contributed by atoms with Crippen LogP contribution in [0.2, 0.25) is 0 Å². The molecule has 0 aromatic heterocycles. The average molecular weight is 328 g/mol. The first-order chi connectivity index (χ1) is 4.72. The van der Waals surface area contributed by atoms with Gasteiger partial charge in [0.25, 0.3) is 0 Å². The van der Waals surface area contributed by atoms with Crippen molar-refractivity contribution in [3.63, 3.8) is 0 Å². The fourth-order valence-corrected chi connectivity index (χ4v) is 2.03. The first kappa shape index (κ1) is 7.84. The van der Waals surface area contributed by atoms with Gasteiger partial charge in [-0.25, -0.2) is 0 Å². The first-order valence-electron chi connectivity index (χ1n) is 2.86. The van der Waals surface area contributed by atoms with Crippen molar-refractivity contribution in [2.24, 2.45) is 0 Å². The predicted octanol–water partition coefficient (Wildman–Crippen LogP) is 0.195. The zero-order valence-corrected chi connectivity index (χ0v) is 10.2. The van der Waals surface area contributed by atoms with Crippen molar-refractivity contribution >= 4 is 28.9 Å². The number of methoxy groups -OCH3 is 1. The summed E-state index contributed by atoms with van der Waals surface area (Å²) >= 11 is 0.742. The van der Waals surface area contributed by atoms with Crippen molar-refractivity contribution in [3.05, 3.63) is 18.2 Å². The molecule has 0 aliphatic rings. The summed E-state index contributed by atoms with van der Waals surface area (Å²) in [7, 11) is 1.60. The summed E-state index contributed by atoms with van der Waals surface area (Å²) in [6.45, 7) is 0. The van der Waals surface area contributed by atoms with Crippen LogP contribution >= 0.6 is 0 Å². The summed E-state index contributed by atoms with van der Waals surface area (Å²) < 4.78 is 6.11. The molecule has 10 heavy (non-hydrogen) atoms. The molecule has 0 radical (unpaired) electrons. The third-order valence-corrected chi connectivity index (χ3v) is 2.45. The van der Waals surface area contributed by atoms with Crippen LogP contribution in [-0.2, 0) is 0 Å². The molecule has 0 saturated heterocycles. The van der Waals surface area contributed by atoms with Crippen LogP contribution in [-0.4, -0.2) is 38.0 Å². The molecule has 1 rings (SSSR count). The second kappa shape index (κ2) is 3.23. The van der Waals surface area contributed by atoms with E-state index in [1.807, 2.05) is 6.07 Å². The van der Waals surface area contributed by atoms with Crippen LogP contribution in [0.3, 0.4) is 0 Å². The van der Waals surface area contributed by atoms with Crippen LogP contribution in [0.4, 0.5) is 0 Å². The number of hydrogen-bond acceptors (Lipinski definition) is 2. The molecule has 1 aromatic rings. The van der Waals surface area contributed by atoms with Gasteiger partial charge < -0.3 is 0 Å². The van der Waals surface area contributed by atoms with Crippen LogP contribution in [0, 0.1) is 0 Å². The molecule has 0 spiro atoms. The summed E-state index contributed by atoms with van der Waals surface area (Å²) in [6.07, 6.45) is 0. The van der Waals surface area contributed by atoms with Gasteiger partial charge in [-0.15, -0.1) is 0 Å². The molecule has 50 valence electrons.